The van der Waals surface area contributed by atoms with Crippen LogP contribution in [-0.2, 0) is 4.79 Å². The van der Waals surface area contributed by atoms with Crippen LogP contribution in [0.4, 0.5) is 18.9 Å². The van der Waals surface area contributed by atoms with Crippen LogP contribution in [-0.4, -0.2) is 29.9 Å². The third kappa shape index (κ3) is 3.43. The largest absolute Gasteiger partial charge is 0.322 e. The summed E-state index contributed by atoms with van der Waals surface area (Å²) in [6, 6.07) is 1.43. The van der Waals surface area contributed by atoms with Crippen LogP contribution in [0.5, 0.6) is 0 Å². The van der Waals surface area contributed by atoms with Gasteiger partial charge in [-0.2, -0.15) is 0 Å². The molecule has 1 aliphatic heterocycles. The molecule has 3 nitrogen and oxygen atoms in total. The van der Waals surface area contributed by atoms with Crippen molar-refractivity contribution in [2.75, 3.05) is 18.4 Å². The van der Waals surface area contributed by atoms with E-state index in [1.54, 1.807) is 6.92 Å². The van der Waals surface area contributed by atoms with Gasteiger partial charge in [0.05, 0.1) is 11.7 Å². The van der Waals surface area contributed by atoms with E-state index in [1.165, 1.54) is 25.7 Å². The van der Waals surface area contributed by atoms with Gasteiger partial charge in [-0.05, 0) is 50.3 Å². The van der Waals surface area contributed by atoms with E-state index in [-0.39, 0.29) is 5.69 Å². The molecule has 2 fully saturated rings. The highest BCUT2D eigenvalue weighted by Gasteiger charge is 2.34. The van der Waals surface area contributed by atoms with Crippen molar-refractivity contribution in [3.63, 3.8) is 0 Å². The molecule has 0 radical (unpaired) electrons. The fourth-order valence-electron chi connectivity index (χ4n) is 4.01. The Hall–Kier alpha value is -1.56. The monoisotopic (exact) mass is 340 g/mol. The van der Waals surface area contributed by atoms with Crippen LogP contribution in [0.15, 0.2) is 12.1 Å². The number of piperidine rings is 1. The molecule has 1 heterocycles. The summed E-state index contributed by atoms with van der Waals surface area (Å²) in [7, 11) is 0. The van der Waals surface area contributed by atoms with E-state index in [1.807, 2.05) is 0 Å². The van der Waals surface area contributed by atoms with Crippen LogP contribution in [0, 0.1) is 29.3 Å². The van der Waals surface area contributed by atoms with Crippen molar-refractivity contribution in [2.45, 2.75) is 45.1 Å². The lowest BCUT2D eigenvalue weighted by atomic mass is 9.75. The lowest BCUT2D eigenvalue weighted by Gasteiger charge is -2.43. The lowest BCUT2D eigenvalue weighted by Crippen LogP contribution is -2.50. The molecule has 0 bridgehead atoms. The van der Waals surface area contributed by atoms with Gasteiger partial charge in [-0.3, -0.25) is 9.69 Å². The zero-order chi connectivity index (χ0) is 17.3. The molecule has 1 aromatic carbocycles. The van der Waals surface area contributed by atoms with Crippen molar-refractivity contribution in [3.8, 4) is 0 Å². The van der Waals surface area contributed by atoms with Gasteiger partial charge in [-0.1, -0.05) is 19.3 Å². The van der Waals surface area contributed by atoms with Crippen LogP contribution in [0.25, 0.3) is 0 Å². The fourth-order valence-corrected chi connectivity index (χ4v) is 4.01. The molecule has 0 aromatic heterocycles. The highest BCUT2D eigenvalue weighted by Crippen LogP contribution is 2.36. The molecule has 132 valence electrons. The maximum Gasteiger partial charge on any atom is 0.241 e. The number of likely N-dealkylation sites (tertiary alicyclic amines) is 1. The Morgan fingerprint density at radius 1 is 1.12 bits per heavy atom. The normalized spacial score (nSPS) is 25.8. The van der Waals surface area contributed by atoms with Crippen LogP contribution in [0.2, 0.25) is 0 Å². The summed E-state index contributed by atoms with van der Waals surface area (Å²) < 4.78 is 39.9. The summed E-state index contributed by atoms with van der Waals surface area (Å²) in [6.45, 7) is 3.49. The number of halogens is 3. The van der Waals surface area contributed by atoms with Crippen LogP contribution in [0.3, 0.4) is 0 Å². The summed E-state index contributed by atoms with van der Waals surface area (Å²) in [6.07, 6.45) is 6.11. The molecular weight excluding hydrogens is 317 g/mol. The second-order valence-electron chi connectivity index (χ2n) is 6.98. The number of rotatable bonds is 3. The summed E-state index contributed by atoms with van der Waals surface area (Å²) in [4.78, 5) is 14.5. The number of carbonyl (C=O) groups excluding carboxylic acids is 1. The van der Waals surface area contributed by atoms with Crippen LogP contribution >= 0.6 is 0 Å². The molecule has 0 spiro atoms. The Balaban J connectivity index is 1.64. The topological polar surface area (TPSA) is 32.3 Å². The maximum atomic E-state index is 13.7. The van der Waals surface area contributed by atoms with E-state index in [0.29, 0.717) is 5.92 Å². The highest BCUT2D eigenvalue weighted by molar-refractivity contribution is 5.94. The van der Waals surface area contributed by atoms with Gasteiger partial charge >= 0.3 is 0 Å². The number of anilines is 1. The predicted molar refractivity (Wildman–Crippen MR) is 86.0 cm³/mol. The average molecular weight is 340 g/mol. The molecule has 1 saturated heterocycles. The molecular formula is C18H23F3N2O. The van der Waals surface area contributed by atoms with Crippen molar-refractivity contribution in [1.82, 2.24) is 4.90 Å². The Kier molecular flexibility index (Phi) is 5.13. The molecule has 1 aromatic rings. The molecule has 1 amide bonds. The van der Waals surface area contributed by atoms with E-state index in [0.717, 1.165) is 37.6 Å². The maximum absolute atomic E-state index is 13.7. The molecule has 2 aliphatic rings. The van der Waals surface area contributed by atoms with Crippen LogP contribution < -0.4 is 5.32 Å². The Morgan fingerprint density at radius 2 is 1.83 bits per heavy atom. The minimum atomic E-state index is -1.57. The second-order valence-corrected chi connectivity index (χ2v) is 6.98. The molecule has 3 atom stereocenters. The standard InChI is InChI=1S/C18H23F3N2O/c1-11(23-9-8-12-4-2-3-5-13(12)10-23)18(24)22-15-7-6-14(19)16(20)17(15)21/h6-7,11-13H,2-5,8-10H2,1H3,(H,22,24)/t11-,12-,13+/m0/s1. The molecule has 1 N–H and O–H groups in total. The first-order valence-electron chi connectivity index (χ1n) is 8.65. The lowest BCUT2D eigenvalue weighted by molar-refractivity contribution is -0.122. The van der Waals surface area contributed by atoms with Gasteiger partial charge in [-0.15, -0.1) is 0 Å². The molecule has 6 heteroatoms. The first-order chi connectivity index (χ1) is 11.5. The number of carbonyl (C=O) groups is 1. The number of fused-ring (bicyclic) bond motifs is 1. The minimum Gasteiger partial charge on any atom is -0.322 e. The molecule has 0 unspecified atom stereocenters. The third-order valence-corrected chi connectivity index (χ3v) is 5.54. The van der Waals surface area contributed by atoms with Gasteiger partial charge < -0.3 is 5.32 Å². The van der Waals surface area contributed by atoms with Gasteiger partial charge in [0, 0.05) is 6.54 Å². The van der Waals surface area contributed by atoms with Crippen molar-refractivity contribution < 1.29 is 18.0 Å². The van der Waals surface area contributed by atoms with E-state index in [4.69, 9.17) is 0 Å². The molecule has 24 heavy (non-hydrogen) atoms. The molecule has 1 aliphatic carbocycles. The van der Waals surface area contributed by atoms with E-state index < -0.39 is 29.4 Å². The average Bonchev–Trinajstić information content (AvgIpc) is 2.61. The predicted octanol–water partition coefficient (Wildman–Crippen LogP) is 3.94. The second kappa shape index (κ2) is 7.13. The zero-order valence-electron chi connectivity index (χ0n) is 13.8. The van der Waals surface area contributed by atoms with Crippen LogP contribution in [0.1, 0.15) is 39.0 Å². The Bertz CT molecular complexity index is 623. The summed E-state index contributed by atoms with van der Waals surface area (Å²) in [5.41, 5.74) is -0.321. The van der Waals surface area contributed by atoms with Crippen molar-refractivity contribution in [3.05, 3.63) is 29.6 Å². The van der Waals surface area contributed by atoms with Gasteiger partial charge in [0.25, 0.3) is 0 Å². The first-order valence-corrected chi connectivity index (χ1v) is 8.65. The number of nitrogens with zero attached hydrogens (tertiary/aromatic N) is 1. The van der Waals surface area contributed by atoms with E-state index in [9.17, 15) is 18.0 Å². The number of hydrogen-bond acceptors (Lipinski definition) is 2. The smallest absolute Gasteiger partial charge is 0.241 e. The SMILES string of the molecule is C[C@@H](C(=O)Nc1ccc(F)c(F)c1F)N1CC[C@@H]2CCCC[C@@H]2C1. The number of amides is 1. The zero-order valence-corrected chi connectivity index (χ0v) is 13.8. The van der Waals surface area contributed by atoms with E-state index in [2.05, 4.69) is 10.2 Å². The molecule has 3 rings (SSSR count). The van der Waals surface area contributed by atoms with Gasteiger partial charge in [0.2, 0.25) is 5.91 Å². The van der Waals surface area contributed by atoms with Gasteiger partial charge in [0.1, 0.15) is 0 Å². The number of hydrogen-bond donors (Lipinski definition) is 1. The van der Waals surface area contributed by atoms with Gasteiger partial charge in [0.15, 0.2) is 17.5 Å². The van der Waals surface area contributed by atoms with E-state index >= 15 is 0 Å². The Morgan fingerprint density at radius 3 is 2.58 bits per heavy atom. The van der Waals surface area contributed by atoms with Gasteiger partial charge in [-0.25, -0.2) is 13.2 Å². The van der Waals surface area contributed by atoms with Crippen molar-refractivity contribution in [1.29, 1.82) is 0 Å². The quantitative estimate of drug-likeness (QED) is 0.845. The summed E-state index contributed by atoms with van der Waals surface area (Å²) in [5.74, 6) is -3.20. The number of nitrogens with one attached hydrogen (secondary N) is 1. The third-order valence-electron chi connectivity index (χ3n) is 5.54. The van der Waals surface area contributed by atoms with Crippen molar-refractivity contribution >= 4 is 11.6 Å². The Labute approximate surface area is 140 Å². The minimum absolute atomic E-state index is 0.321. The molecule has 1 saturated carbocycles. The summed E-state index contributed by atoms with van der Waals surface area (Å²) in [5, 5.41) is 2.39. The number of benzene rings is 1. The first kappa shape index (κ1) is 17.3. The summed E-state index contributed by atoms with van der Waals surface area (Å²) >= 11 is 0. The highest BCUT2D eigenvalue weighted by atomic mass is 19.2. The van der Waals surface area contributed by atoms with Crippen molar-refractivity contribution in [2.24, 2.45) is 11.8 Å². The fraction of sp³-hybridized carbons (Fsp3) is 0.611.